The summed E-state index contributed by atoms with van der Waals surface area (Å²) in [5.74, 6) is -0.817. The average molecular weight is 315 g/mol. The maximum atomic E-state index is 11.8. The third kappa shape index (κ3) is 3.44. The van der Waals surface area contributed by atoms with Gasteiger partial charge in [-0.05, 0) is 55.9 Å². The Balaban J connectivity index is 2.75. The van der Waals surface area contributed by atoms with E-state index in [4.69, 9.17) is 0 Å². The molecule has 2 rings (SSSR count). The summed E-state index contributed by atoms with van der Waals surface area (Å²) >= 11 is 0. The highest BCUT2D eigenvalue weighted by atomic mass is 16.4. The van der Waals surface area contributed by atoms with Crippen LogP contribution in [0.2, 0.25) is 0 Å². The second-order valence-corrected chi connectivity index (χ2v) is 6.37. The zero-order valence-corrected chi connectivity index (χ0v) is 14.9. The summed E-state index contributed by atoms with van der Waals surface area (Å²) < 4.78 is 2.24. The van der Waals surface area contributed by atoms with Crippen molar-refractivity contribution in [2.24, 2.45) is 0 Å². The van der Waals surface area contributed by atoms with Crippen LogP contribution in [0.3, 0.4) is 0 Å². The zero-order valence-electron chi connectivity index (χ0n) is 14.9. The van der Waals surface area contributed by atoms with Crippen LogP contribution >= 0.6 is 0 Å². The fourth-order valence-corrected chi connectivity index (χ4v) is 3.37. The van der Waals surface area contributed by atoms with E-state index in [0.717, 1.165) is 61.5 Å². The van der Waals surface area contributed by atoms with Crippen molar-refractivity contribution < 1.29 is 9.90 Å². The summed E-state index contributed by atoms with van der Waals surface area (Å²) in [5, 5.41) is 10.9. The molecule has 0 aliphatic rings. The third-order valence-electron chi connectivity index (χ3n) is 4.76. The molecule has 1 heterocycles. The molecular formula is C20H29NO2. The Morgan fingerprint density at radius 3 is 2.39 bits per heavy atom. The second-order valence-electron chi connectivity index (χ2n) is 6.37. The minimum atomic E-state index is -0.817. The van der Waals surface area contributed by atoms with Crippen LogP contribution in [-0.4, -0.2) is 15.6 Å². The Hall–Kier alpha value is -1.77. The molecule has 0 saturated carbocycles. The first kappa shape index (κ1) is 17.6. The van der Waals surface area contributed by atoms with Crippen LogP contribution in [0.15, 0.2) is 12.1 Å². The van der Waals surface area contributed by atoms with E-state index in [2.05, 4.69) is 38.3 Å². The van der Waals surface area contributed by atoms with Crippen LogP contribution < -0.4 is 0 Å². The van der Waals surface area contributed by atoms with Crippen molar-refractivity contribution in [3.05, 3.63) is 34.5 Å². The molecule has 1 N–H and O–H groups in total. The van der Waals surface area contributed by atoms with E-state index >= 15 is 0 Å². The number of carboxylic acid groups (broad SMARTS) is 1. The number of benzene rings is 1. The summed E-state index contributed by atoms with van der Waals surface area (Å²) in [5.41, 5.74) is 5.08. The Morgan fingerprint density at radius 2 is 1.83 bits per heavy atom. The van der Waals surface area contributed by atoms with E-state index in [1.54, 1.807) is 0 Å². The van der Waals surface area contributed by atoms with Gasteiger partial charge >= 0.3 is 5.97 Å². The van der Waals surface area contributed by atoms with Crippen molar-refractivity contribution in [3.63, 3.8) is 0 Å². The number of nitrogens with zero attached hydrogens (tertiary/aromatic N) is 1. The maximum absolute atomic E-state index is 11.8. The number of unbranched alkanes of at least 4 members (excludes halogenated alkanes) is 2. The van der Waals surface area contributed by atoms with Gasteiger partial charge in [-0.3, -0.25) is 0 Å². The van der Waals surface area contributed by atoms with Crippen LogP contribution in [0.25, 0.3) is 10.9 Å². The van der Waals surface area contributed by atoms with Crippen molar-refractivity contribution in [2.45, 2.75) is 72.8 Å². The highest BCUT2D eigenvalue weighted by Gasteiger charge is 2.20. The maximum Gasteiger partial charge on any atom is 0.337 e. The van der Waals surface area contributed by atoms with Gasteiger partial charge in [0.25, 0.3) is 0 Å². The van der Waals surface area contributed by atoms with E-state index in [-0.39, 0.29) is 0 Å². The first-order valence-corrected chi connectivity index (χ1v) is 8.92. The topological polar surface area (TPSA) is 42.2 Å². The van der Waals surface area contributed by atoms with Crippen molar-refractivity contribution in [3.8, 4) is 0 Å². The fourth-order valence-electron chi connectivity index (χ4n) is 3.37. The molecule has 0 atom stereocenters. The molecule has 0 amide bonds. The fraction of sp³-hybridized carbons (Fsp3) is 0.550. The number of aryl methyl sites for hydroxylation is 3. The van der Waals surface area contributed by atoms with Crippen LogP contribution in [0.1, 0.15) is 73.6 Å². The van der Waals surface area contributed by atoms with Crippen LogP contribution in [0.4, 0.5) is 0 Å². The zero-order chi connectivity index (χ0) is 17.0. The normalized spacial score (nSPS) is 11.3. The molecule has 0 saturated heterocycles. The quantitative estimate of drug-likeness (QED) is 0.713. The van der Waals surface area contributed by atoms with Gasteiger partial charge in [-0.1, -0.05) is 33.6 Å². The molecule has 2 aromatic rings. The average Bonchev–Trinajstić information content (AvgIpc) is 2.81. The van der Waals surface area contributed by atoms with Gasteiger partial charge in [0.2, 0.25) is 0 Å². The largest absolute Gasteiger partial charge is 0.478 e. The van der Waals surface area contributed by atoms with Gasteiger partial charge in [-0.2, -0.15) is 0 Å². The van der Waals surface area contributed by atoms with Gasteiger partial charge in [-0.25, -0.2) is 4.79 Å². The lowest BCUT2D eigenvalue weighted by atomic mass is 9.99. The molecule has 0 aliphatic carbocycles. The van der Waals surface area contributed by atoms with Gasteiger partial charge in [0.1, 0.15) is 0 Å². The number of hydrogen-bond acceptors (Lipinski definition) is 1. The highest BCUT2D eigenvalue weighted by molar-refractivity contribution is 6.04. The number of aromatic nitrogens is 1. The summed E-state index contributed by atoms with van der Waals surface area (Å²) in [6.45, 7) is 9.51. The number of fused-ring (bicyclic) bond motifs is 1. The van der Waals surface area contributed by atoms with Gasteiger partial charge < -0.3 is 9.67 Å². The molecule has 3 nitrogen and oxygen atoms in total. The number of carboxylic acids is 1. The summed E-state index contributed by atoms with van der Waals surface area (Å²) in [7, 11) is 0. The van der Waals surface area contributed by atoms with Gasteiger partial charge in [0.05, 0.1) is 11.1 Å². The Bertz CT molecular complexity index is 697. The smallest absolute Gasteiger partial charge is 0.337 e. The SMILES string of the molecule is CCCCc1c(C)n(CCCC)c2c(C(=O)O)cc(CC)cc12. The van der Waals surface area contributed by atoms with Crippen molar-refractivity contribution >= 4 is 16.9 Å². The lowest BCUT2D eigenvalue weighted by molar-refractivity contribution is 0.0698. The van der Waals surface area contributed by atoms with E-state index < -0.39 is 5.97 Å². The first-order valence-electron chi connectivity index (χ1n) is 8.92. The molecule has 0 bridgehead atoms. The lowest BCUT2D eigenvalue weighted by Crippen LogP contribution is -2.06. The van der Waals surface area contributed by atoms with E-state index in [0.29, 0.717) is 5.56 Å². The minimum Gasteiger partial charge on any atom is -0.478 e. The monoisotopic (exact) mass is 315 g/mol. The van der Waals surface area contributed by atoms with Crippen LogP contribution in [0, 0.1) is 6.92 Å². The molecule has 0 radical (unpaired) electrons. The predicted molar refractivity (Wildman–Crippen MR) is 96.5 cm³/mol. The standard InChI is InChI=1S/C20H29NO2/c1-5-8-10-16-14(4)21(11-9-6-2)19-17(16)12-15(7-3)13-18(19)20(22)23/h12-13H,5-11H2,1-4H3,(H,22,23). The number of carbonyl (C=O) groups is 1. The molecule has 0 unspecified atom stereocenters. The highest BCUT2D eigenvalue weighted by Crippen LogP contribution is 2.32. The van der Waals surface area contributed by atoms with Gasteiger partial charge in [0, 0.05) is 17.6 Å². The molecule has 126 valence electrons. The molecule has 0 fully saturated rings. The molecule has 0 spiro atoms. The Morgan fingerprint density at radius 1 is 1.13 bits per heavy atom. The lowest BCUT2D eigenvalue weighted by Gasteiger charge is -2.10. The summed E-state index contributed by atoms with van der Waals surface area (Å²) in [6.07, 6.45) is 6.38. The first-order chi connectivity index (χ1) is 11.0. The second kappa shape index (κ2) is 7.67. The number of hydrogen-bond donors (Lipinski definition) is 1. The van der Waals surface area contributed by atoms with Crippen molar-refractivity contribution in [1.29, 1.82) is 0 Å². The van der Waals surface area contributed by atoms with Crippen LogP contribution in [0.5, 0.6) is 0 Å². The van der Waals surface area contributed by atoms with Crippen molar-refractivity contribution in [2.75, 3.05) is 0 Å². The molecule has 1 aromatic heterocycles. The van der Waals surface area contributed by atoms with E-state index in [1.807, 2.05) is 6.07 Å². The van der Waals surface area contributed by atoms with Crippen LogP contribution in [-0.2, 0) is 19.4 Å². The third-order valence-corrected chi connectivity index (χ3v) is 4.76. The Kier molecular flexibility index (Phi) is 5.86. The van der Waals surface area contributed by atoms with E-state index in [9.17, 15) is 9.90 Å². The molecular weight excluding hydrogens is 286 g/mol. The molecule has 0 aliphatic heterocycles. The van der Waals surface area contributed by atoms with Gasteiger partial charge in [-0.15, -0.1) is 0 Å². The van der Waals surface area contributed by atoms with E-state index in [1.165, 1.54) is 11.3 Å². The van der Waals surface area contributed by atoms with Crippen molar-refractivity contribution in [1.82, 2.24) is 4.57 Å². The number of aromatic carboxylic acids is 1. The Labute approximate surface area is 139 Å². The summed E-state index contributed by atoms with van der Waals surface area (Å²) in [4.78, 5) is 11.8. The molecule has 3 heteroatoms. The van der Waals surface area contributed by atoms with Gasteiger partial charge in [0.15, 0.2) is 0 Å². The summed E-state index contributed by atoms with van der Waals surface area (Å²) in [6, 6.07) is 4.07. The molecule has 23 heavy (non-hydrogen) atoms. The number of rotatable bonds is 8. The predicted octanol–water partition coefficient (Wildman–Crippen LogP) is 5.35. The minimum absolute atomic E-state index is 0.460. The molecule has 1 aromatic carbocycles.